The van der Waals surface area contributed by atoms with Crippen LogP contribution < -0.4 is 0 Å². The van der Waals surface area contributed by atoms with Crippen molar-refractivity contribution in [3.05, 3.63) is 158 Å². The van der Waals surface area contributed by atoms with E-state index in [0.717, 1.165) is 12.8 Å². The Hall–Kier alpha value is -3.43. The molecule has 0 aromatic heterocycles. The Morgan fingerprint density at radius 3 is 1.89 bits per heavy atom. The first-order valence-corrected chi connectivity index (χ1v) is 13.7. The average molecular weight is 572 g/mol. The molecule has 0 nitrogen and oxygen atoms in total. The third-order valence-electron chi connectivity index (χ3n) is 7.88. The van der Waals surface area contributed by atoms with E-state index in [2.05, 4.69) is 150 Å². The first kappa shape index (κ1) is 21.8. The van der Waals surface area contributed by atoms with Crippen molar-refractivity contribution in [3.8, 4) is 22.3 Å². The summed E-state index contributed by atoms with van der Waals surface area (Å²) in [5, 5.41) is 0. The summed E-state index contributed by atoms with van der Waals surface area (Å²) in [5.41, 5.74) is 13.0. The van der Waals surface area contributed by atoms with Gasteiger partial charge in [-0.15, -0.1) is 0 Å². The van der Waals surface area contributed by atoms with Gasteiger partial charge in [-0.25, -0.2) is 0 Å². The smallest absolute Gasteiger partial charge is 0.0622 e. The van der Waals surface area contributed by atoms with Crippen molar-refractivity contribution in [1.82, 2.24) is 0 Å². The van der Waals surface area contributed by atoms with Crippen LogP contribution in [-0.4, -0.2) is 0 Å². The summed E-state index contributed by atoms with van der Waals surface area (Å²) in [6.07, 6.45) is 4.64. The second kappa shape index (κ2) is 8.60. The highest BCUT2D eigenvalue weighted by molar-refractivity contribution is 14.1. The predicted octanol–water partition coefficient (Wildman–Crippen LogP) is 9.44. The van der Waals surface area contributed by atoms with Gasteiger partial charge in [0.15, 0.2) is 0 Å². The molecule has 0 bridgehead atoms. The number of benzene rings is 5. The number of allylic oxidation sites excluding steroid dienone is 1. The molecule has 36 heavy (non-hydrogen) atoms. The lowest BCUT2D eigenvalue weighted by Gasteiger charge is -2.34. The lowest BCUT2D eigenvalue weighted by molar-refractivity contribution is 0.769. The van der Waals surface area contributed by atoms with E-state index < -0.39 is 0 Å². The maximum absolute atomic E-state index is 2.48. The standard InChI is InChI=1S/C35H25I/c36-30-19-17-24-15-16-25(21-27(24)22-30)26-18-20-32-31-13-7-8-14-33(31)35(34(32)23-26,28-9-3-1-4-10-28)29-11-5-2-6-12-29/h1-16,18,20-23H,17,19H2. The molecule has 172 valence electrons. The van der Waals surface area contributed by atoms with Crippen LogP contribution in [0.25, 0.3) is 28.3 Å². The fourth-order valence-electron chi connectivity index (χ4n) is 6.26. The van der Waals surface area contributed by atoms with Crippen LogP contribution in [0.4, 0.5) is 0 Å². The van der Waals surface area contributed by atoms with Gasteiger partial charge in [-0.1, -0.05) is 109 Å². The fraction of sp³-hybridized carbons (Fsp3) is 0.0857. The van der Waals surface area contributed by atoms with Crippen molar-refractivity contribution < 1.29 is 0 Å². The van der Waals surface area contributed by atoms with Gasteiger partial charge in [0.25, 0.3) is 0 Å². The van der Waals surface area contributed by atoms with Crippen LogP contribution in [0.3, 0.4) is 0 Å². The van der Waals surface area contributed by atoms with E-state index in [-0.39, 0.29) is 5.41 Å². The molecule has 0 unspecified atom stereocenters. The maximum atomic E-state index is 2.48. The summed E-state index contributed by atoms with van der Waals surface area (Å²) in [7, 11) is 0. The van der Waals surface area contributed by atoms with E-state index in [1.54, 1.807) is 0 Å². The number of hydrogen-bond acceptors (Lipinski definition) is 0. The van der Waals surface area contributed by atoms with E-state index in [9.17, 15) is 0 Å². The summed E-state index contributed by atoms with van der Waals surface area (Å²) < 4.78 is 1.44. The summed E-state index contributed by atoms with van der Waals surface area (Å²) in [4.78, 5) is 0. The second-order valence-electron chi connectivity index (χ2n) is 9.79. The van der Waals surface area contributed by atoms with Crippen LogP contribution in [0.15, 0.2) is 125 Å². The lowest BCUT2D eigenvalue weighted by Crippen LogP contribution is -2.28. The van der Waals surface area contributed by atoms with Crippen LogP contribution in [-0.2, 0) is 11.8 Å². The van der Waals surface area contributed by atoms with Crippen molar-refractivity contribution in [2.75, 3.05) is 0 Å². The Morgan fingerprint density at radius 2 is 1.14 bits per heavy atom. The molecule has 5 aromatic carbocycles. The quantitative estimate of drug-likeness (QED) is 0.185. The summed E-state index contributed by atoms with van der Waals surface area (Å²) in [6, 6.07) is 45.1. The van der Waals surface area contributed by atoms with Crippen LogP contribution in [0.2, 0.25) is 0 Å². The molecule has 0 amide bonds. The molecule has 0 saturated carbocycles. The molecule has 0 heterocycles. The normalized spacial score (nSPS) is 15.0. The number of fused-ring (bicyclic) bond motifs is 4. The Balaban J connectivity index is 1.52. The number of hydrogen-bond donors (Lipinski definition) is 0. The van der Waals surface area contributed by atoms with E-state index >= 15 is 0 Å². The SMILES string of the molecule is IC1=Cc2cc(-c3ccc4c(c3)C(c3ccccc3)(c3ccccc3)c3ccccc3-4)ccc2CC1. The summed E-state index contributed by atoms with van der Waals surface area (Å²) in [5.74, 6) is 0. The van der Waals surface area contributed by atoms with Gasteiger partial charge in [-0.05, 0) is 113 Å². The van der Waals surface area contributed by atoms with Crippen molar-refractivity contribution in [1.29, 1.82) is 0 Å². The Labute approximate surface area is 226 Å². The molecule has 0 saturated heterocycles. The molecule has 5 aromatic rings. The number of halogens is 1. The molecule has 0 N–H and O–H groups in total. The minimum atomic E-state index is -0.353. The van der Waals surface area contributed by atoms with Crippen molar-refractivity contribution >= 4 is 28.7 Å². The maximum Gasteiger partial charge on any atom is 0.0713 e. The highest BCUT2D eigenvalue weighted by atomic mass is 127. The van der Waals surface area contributed by atoms with Crippen LogP contribution in [0, 0.1) is 0 Å². The van der Waals surface area contributed by atoms with E-state index in [4.69, 9.17) is 0 Å². The molecule has 0 aliphatic heterocycles. The minimum absolute atomic E-state index is 0.353. The van der Waals surface area contributed by atoms with Crippen molar-refractivity contribution in [2.45, 2.75) is 18.3 Å². The molecule has 0 fully saturated rings. The van der Waals surface area contributed by atoms with Gasteiger partial charge in [0, 0.05) is 0 Å². The topological polar surface area (TPSA) is 0 Å². The molecule has 0 spiro atoms. The summed E-state index contributed by atoms with van der Waals surface area (Å²) in [6.45, 7) is 0. The zero-order chi connectivity index (χ0) is 24.1. The third-order valence-corrected chi connectivity index (χ3v) is 8.73. The van der Waals surface area contributed by atoms with E-state index in [0.29, 0.717) is 0 Å². The molecule has 2 aliphatic carbocycles. The minimum Gasteiger partial charge on any atom is -0.0622 e. The van der Waals surface area contributed by atoms with Gasteiger partial charge in [-0.2, -0.15) is 0 Å². The monoisotopic (exact) mass is 572 g/mol. The zero-order valence-electron chi connectivity index (χ0n) is 19.9. The molecule has 0 radical (unpaired) electrons. The fourth-order valence-corrected chi connectivity index (χ4v) is 6.86. The van der Waals surface area contributed by atoms with Gasteiger partial charge in [-0.3, -0.25) is 0 Å². The summed E-state index contributed by atoms with van der Waals surface area (Å²) >= 11 is 2.48. The van der Waals surface area contributed by atoms with Crippen molar-refractivity contribution in [2.24, 2.45) is 0 Å². The molecular formula is C35H25I. The highest BCUT2D eigenvalue weighted by Gasteiger charge is 2.45. The molecule has 1 heteroatoms. The first-order valence-electron chi connectivity index (χ1n) is 12.6. The lowest BCUT2D eigenvalue weighted by atomic mass is 9.67. The Bertz CT molecular complexity index is 1590. The molecule has 2 aliphatic rings. The Kier molecular flexibility index (Phi) is 5.21. The molecule has 7 rings (SSSR count). The van der Waals surface area contributed by atoms with Crippen LogP contribution in [0.1, 0.15) is 39.8 Å². The predicted molar refractivity (Wildman–Crippen MR) is 159 cm³/mol. The Morgan fingerprint density at radius 1 is 0.528 bits per heavy atom. The largest absolute Gasteiger partial charge is 0.0713 e. The number of rotatable bonds is 3. The molecular weight excluding hydrogens is 547 g/mol. The van der Waals surface area contributed by atoms with Crippen molar-refractivity contribution in [3.63, 3.8) is 0 Å². The van der Waals surface area contributed by atoms with Gasteiger partial charge in [0.1, 0.15) is 0 Å². The van der Waals surface area contributed by atoms with E-state index in [1.165, 1.54) is 59.2 Å². The van der Waals surface area contributed by atoms with Gasteiger partial charge in [0.05, 0.1) is 5.41 Å². The first-order chi connectivity index (χ1) is 17.7. The zero-order valence-corrected chi connectivity index (χ0v) is 22.1. The van der Waals surface area contributed by atoms with E-state index in [1.807, 2.05) is 0 Å². The van der Waals surface area contributed by atoms with Crippen LogP contribution >= 0.6 is 22.6 Å². The van der Waals surface area contributed by atoms with Gasteiger partial charge in [0.2, 0.25) is 0 Å². The molecule has 0 atom stereocenters. The second-order valence-corrected chi connectivity index (χ2v) is 11.2. The average Bonchev–Trinajstić information content (AvgIpc) is 3.24. The van der Waals surface area contributed by atoms with Crippen LogP contribution in [0.5, 0.6) is 0 Å². The number of aryl methyl sites for hydroxylation is 1. The van der Waals surface area contributed by atoms with Gasteiger partial charge >= 0.3 is 0 Å². The third kappa shape index (κ3) is 3.26. The highest BCUT2D eigenvalue weighted by Crippen LogP contribution is 2.56. The van der Waals surface area contributed by atoms with Gasteiger partial charge < -0.3 is 0 Å².